The van der Waals surface area contributed by atoms with E-state index >= 15 is 0 Å². The maximum Gasteiger partial charge on any atom is 0.313 e. The first kappa shape index (κ1) is 15.8. The Labute approximate surface area is 130 Å². The van der Waals surface area contributed by atoms with Gasteiger partial charge in [0.05, 0.1) is 5.75 Å². The standard InChI is InChI=1S/C14H16N2O3S2/c1-9(7-11-4-3-10(2)21-11)16-6-5-12(17)15-14(16)20-8-13(18)19/h3-6,9H,7-8H2,1-2H3,(H,18,19). The van der Waals surface area contributed by atoms with Gasteiger partial charge >= 0.3 is 5.97 Å². The monoisotopic (exact) mass is 324 g/mol. The number of thioether (sulfide) groups is 1. The van der Waals surface area contributed by atoms with Gasteiger partial charge in [0.1, 0.15) is 0 Å². The molecule has 0 fully saturated rings. The van der Waals surface area contributed by atoms with E-state index in [-0.39, 0.29) is 17.4 Å². The zero-order valence-corrected chi connectivity index (χ0v) is 13.4. The summed E-state index contributed by atoms with van der Waals surface area (Å²) < 4.78 is 1.87. The number of hydrogen-bond acceptors (Lipinski definition) is 5. The Morgan fingerprint density at radius 2 is 2.24 bits per heavy atom. The number of aromatic nitrogens is 2. The number of rotatable bonds is 6. The number of aliphatic carboxylic acids is 1. The molecule has 1 N–H and O–H groups in total. The molecule has 0 aliphatic heterocycles. The van der Waals surface area contributed by atoms with Gasteiger partial charge < -0.3 is 9.67 Å². The van der Waals surface area contributed by atoms with Gasteiger partial charge in [-0.2, -0.15) is 4.98 Å². The predicted molar refractivity (Wildman–Crippen MR) is 84.3 cm³/mol. The molecule has 2 rings (SSSR count). The van der Waals surface area contributed by atoms with Crippen LogP contribution in [0.5, 0.6) is 0 Å². The quantitative estimate of drug-likeness (QED) is 0.653. The summed E-state index contributed by atoms with van der Waals surface area (Å²) in [5.41, 5.74) is -0.349. The van der Waals surface area contributed by atoms with Crippen LogP contribution in [-0.2, 0) is 11.2 Å². The van der Waals surface area contributed by atoms with Crippen LogP contribution in [0, 0.1) is 6.92 Å². The Balaban J connectivity index is 2.20. The molecule has 7 heteroatoms. The van der Waals surface area contributed by atoms with Crippen LogP contribution in [0.2, 0.25) is 0 Å². The molecule has 5 nitrogen and oxygen atoms in total. The third kappa shape index (κ3) is 4.44. The summed E-state index contributed by atoms with van der Waals surface area (Å²) in [6, 6.07) is 5.68. The van der Waals surface area contributed by atoms with Crippen molar-refractivity contribution < 1.29 is 9.90 Å². The fraction of sp³-hybridized carbons (Fsp3) is 0.357. The average molecular weight is 324 g/mol. The van der Waals surface area contributed by atoms with Crippen molar-refractivity contribution in [3.8, 4) is 0 Å². The number of thiophene rings is 1. The van der Waals surface area contributed by atoms with E-state index in [0.29, 0.717) is 5.16 Å². The van der Waals surface area contributed by atoms with Crippen molar-refractivity contribution in [2.75, 3.05) is 5.75 Å². The minimum absolute atomic E-state index is 0.104. The lowest BCUT2D eigenvalue weighted by molar-refractivity contribution is -0.133. The Kier molecular flexibility index (Phi) is 5.19. The molecule has 0 amide bonds. The largest absolute Gasteiger partial charge is 0.481 e. The summed E-state index contributed by atoms with van der Waals surface area (Å²) in [4.78, 5) is 28.5. The Bertz CT molecular complexity index is 694. The highest BCUT2D eigenvalue weighted by molar-refractivity contribution is 7.99. The van der Waals surface area contributed by atoms with Crippen molar-refractivity contribution in [2.45, 2.75) is 31.5 Å². The van der Waals surface area contributed by atoms with Crippen LogP contribution >= 0.6 is 23.1 Å². The summed E-state index contributed by atoms with van der Waals surface area (Å²) in [5, 5.41) is 9.23. The first-order chi connectivity index (χ1) is 9.95. The number of carbonyl (C=O) groups is 1. The fourth-order valence-electron chi connectivity index (χ4n) is 1.95. The van der Waals surface area contributed by atoms with Crippen LogP contribution in [0.3, 0.4) is 0 Å². The van der Waals surface area contributed by atoms with Crippen LogP contribution in [0.25, 0.3) is 0 Å². The highest BCUT2D eigenvalue weighted by atomic mass is 32.2. The second kappa shape index (κ2) is 6.91. The number of hydrogen-bond donors (Lipinski definition) is 1. The maximum atomic E-state index is 11.4. The van der Waals surface area contributed by atoms with Crippen LogP contribution < -0.4 is 5.56 Å². The summed E-state index contributed by atoms with van der Waals surface area (Å²) in [6.07, 6.45) is 2.51. The molecular weight excluding hydrogens is 308 g/mol. The summed E-state index contributed by atoms with van der Waals surface area (Å²) in [7, 11) is 0. The molecule has 0 aliphatic carbocycles. The zero-order chi connectivity index (χ0) is 15.4. The van der Waals surface area contributed by atoms with Gasteiger partial charge in [-0.1, -0.05) is 11.8 Å². The molecule has 2 aromatic rings. The van der Waals surface area contributed by atoms with Crippen molar-refractivity contribution >= 4 is 29.1 Å². The number of carboxylic acids is 1. The molecule has 0 spiro atoms. The van der Waals surface area contributed by atoms with E-state index in [1.807, 2.05) is 11.5 Å². The first-order valence-corrected chi connectivity index (χ1v) is 8.25. The summed E-state index contributed by atoms with van der Waals surface area (Å²) >= 11 is 2.81. The SMILES string of the molecule is Cc1ccc(CC(C)n2ccc(=O)nc2SCC(=O)O)s1. The van der Waals surface area contributed by atoms with Gasteiger partial charge in [0.2, 0.25) is 0 Å². The molecule has 0 bridgehead atoms. The molecule has 2 aromatic heterocycles. The van der Waals surface area contributed by atoms with Crippen LogP contribution in [0.4, 0.5) is 0 Å². The highest BCUT2D eigenvalue weighted by Gasteiger charge is 2.13. The number of carboxylic acid groups (broad SMARTS) is 1. The fourth-order valence-corrected chi connectivity index (χ4v) is 3.76. The molecule has 21 heavy (non-hydrogen) atoms. The van der Waals surface area contributed by atoms with Crippen LogP contribution in [-0.4, -0.2) is 26.4 Å². The summed E-state index contributed by atoms with van der Waals surface area (Å²) in [6.45, 7) is 4.10. The highest BCUT2D eigenvalue weighted by Crippen LogP contribution is 2.24. The van der Waals surface area contributed by atoms with E-state index in [2.05, 4.69) is 24.0 Å². The van der Waals surface area contributed by atoms with Gasteiger partial charge in [0, 0.05) is 34.5 Å². The lowest BCUT2D eigenvalue weighted by Gasteiger charge is -2.18. The molecule has 0 saturated carbocycles. The van der Waals surface area contributed by atoms with Crippen LogP contribution in [0.1, 0.15) is 22.7 Å². The Morgan fingerprint density at radius 1 is 1.48 bits per heavy atom. The molecule has 0 radical (unpaired) electrons. The molecule has 112 valence electrons. The van der Waals surface area contributed by atoms with E-state index in [0.717, 1.165) is 18.2 Å². The second-order valence-corrected chi connectivity index (χ2v) is 7.02. The van der Waals surface area contributed by atoms with Crippen molar-refractivity contribution in [3.63, 3.8) is 0 Å². The smallest absolute Gasteiger partial charge is 0.313 e. The molecule has 0 aliphatic rings. The van der Waals surface area contributed by atoms with Gasteiger partial charge in [-0.25, -0.2) is 0 Å². The van der Waals surface area contributed by atoms with Gasteiger partial charge in [0.15, 0.2) is 5.16 Å². The summed E-state index contributed by atoms with van der Waals surface area (Å²) in [5.74, 6) is -1.03. The molecule has 1 unspecified atom stereocenters. The van der Waals surface area contributed by atoms with Crippen molar-refractivity contribution in [3.05, 3.63) is 44.5 Å². The van der Waals surface area contributed by atoms with Gasteiger partial charge in [-0.15, -0.1) is 11.3 Å². The van der Waals surface area contributed by atoms with Crippen molar-refractivity contribution in [2.24, 2.45) is 0 Å². The molecular formula is C14H16N2O3S2. The molecule has 1 atom stereocenters. The third-order valence-electron chi connectivity index (χ3n) is 2.90. The maximum absolute atomic E-state index is 11.4. The van der Waals surface area contributed by atoms with E-state index in [4.69, 9.17) is 5.11 Å². The first-order valence-electron chi connectivity index (χ1n) is 6.45. The van der Waals surface area contributed by atoms with Crippen molar-refractivity contribution in [1.29, 1.82) is 0 Å². The predicted octanol–water partition coefficient (Wildman–Crippen LogP) is 2.59. The molecule has 0 saturated heterocycles. The minimum Gasteiger partial charge on any atom is -0.481 e. The Hall–Kier alpha value is -1.60. The van der Waals surface area contributed by atoms with E-state index in [1.54, 1.807) is 17.5 Å². The number of nitrogens with zero attached hydrogens (tertiary/aromatic N) is 2. The van der Waals surface area contributed by atoms with Gasteiger partial charge in [-0.3, -0.25) is 9.59 Å². The van der Waals surface area contributed by atoms with Gasteiger partial charge in [-0.05, 0) is 26.0 Å². The zero-order valence-electron chi connectivity index (χ0n) is 11.8. The lowest BCUT2D eigenvalue weighted by Crippen LogP contribution is -2.18. The van der Waals surface area contributed by atoms with Crippen LogP contribution in [0.15, 0.2) is 34.3 Å². The minimum atomic E-state index is -0.925. The Morgan fingerprint density at radius 3 is 2.86 bits per heavy atom. The topological polar surface area (TPSA) is 72.2 Å². The normalized spacial score (nSPS) is 12.3. The van der Waals surface area contributed by atoms with E-state index in [9.17, 15) is 9.59 Å². The number of aryl methyl sites for hydroxylation is 1. The third-order valence-corrected chi connectivity index (χ3v) is 4.87. The van der Waals surface area contributed by atoms with E-state index < -0.39 is 5.97 Å². The lowest BCUT2D eigenvalue weighted by atomic mass is 10.2. The van der Waals surface area contributed by atoms with Crippen molar-refractivity contribution in [1.82, 2.24) is 9.55 Å². The average Bonchev–Trinajstić information content (AvgIpc) is 2.81. The molecule has 0 aromatic carbocycles. The van der Waals surface area contributed by atoms with E-state index in [1.165, 1.54) is 15.8 Å². The molecule has 2 heterocycles. The second-order valence-electron chi connectivity index (χ2n) is 4.70. The van der Waals surface area contributed by atoms with Gasteiger partial charge in [0.25, 0.3) is 5.56 Å².